The van der Waals surface area contributed by atoms with Crippen LogP contribution < -0.4 is 0 Å². The van der Waals surface area contributed by atoms with E-state index in [9.17, 15) is 4.79 Å². The average Bonchev–Trinajstić information content (AvgIpc) is 2.53. The highest BCUT2D eigenvalue weighted by Gasteiger charge is 2.53. The molecule has 3 rings (SSSR count). The third-order valence-corrected chi connectivity index (χ3v) is 5.20. The molecule has 4 nitrogen and oxygen atoms in total. The molecule has 1 amide bonds. The van der Waals surface area contributed by atoms with Gasteiger partial charge in [0.05, 0.1) is 7.11 Å². The predicted molar refractivity (Wildman–Crippen MR) is 79.9 cm³/mol. The fourth-order valence-electron chi connectivity index (χ4n) is 4.33. The molecular weight excluding hydrogens is 266 g/mol. The molecule has 1 aromatic rings. The van der Waals surface area contributed by atoms with Crippen LogP contribution in [0.5, 0.6) is 0 Å². The summed E-state index contributed by atoms with van der Waals surface area (Å²) in [7, 11) is 3.26. The zero-order chi connectivity index (χ0) is 14.9. The number of likely N-dealkylation sites (tertiary alicyclic amines) is 1. The number of methoxy groups -OCH3 is 2. The first kappa shape index (κ1) is 14.4. The number of amides is 1. The lowest BCUT2D eigenvalue weighted by atomic mass is 9.62. The van der Waals surface area contributed by atoms with Crippen LogP contribution in [0, 0.1) is 11.8 Å². The Kier molecular flexibility index (Phi) is 3.89. The van der Waals surface area contributed by atoms with Crippen molar-refractivity contribution in [3.63, 3.8) is 0 Å². The summed E-state index contributed by atoms with van der Waals surface area (Å²) in [6, 6.07) is 10.5. The van der Waals surface area contributed by atoms with Crippen LogP contribution in [-0.4, -0.2) is 38.3 Å². The van der Waals surface area contributed by atoms with E-state index in [-0.39, 0.29) is 11.7 Å². The third kappa shape index (κ3) is 2.22. The maximum Gasteiger partial charge on any atom is 0.409 e. The van der Waals surface area contributed by atoms with Crippen molar-refractivity contribution in [1.29, 1.82) is 0 Å². The van der Waals surface area contributed by atoms with Crippen LogP contribution in [0.3, 0.4) is 0 Å². The number of rotatable bonds is 2. The van der Waals surface area contributed by atoms with Crippen LogP contribution in [0.2, 0.25) is 0 Å². The quantitative estimate of drug-likeness (QED) is 0.840. The highest BCUT2D eigenvalue weighted by atomic mass is 16.5. The van der Waals surface area contributed by atoms with Crippen molar-refractivity contribution in [3.05, 3.63) is 35.9 Å². The van der Waals surface area contributed by atoms with E-state index in [1.54, 1.807) is 0 Å². The molecule has 4 heteroatoms. The van der Waals surface area contributed by atoms with Gasteiger partial charge in [-0.25, -0.2) is 4.79 Å². The van der Waals surface area contributed by atoms with Crippen LogP contribution in [0.1, 0.15) is 24.8 Å². The van der Waals surface area contributed by atoms with Crippen LogP contribution >= 0.6 is 0 Å². The number of benzene rings is 1. The van der Waals surface area contributed by atoms with Crippen LogP contribution in [0.25, 0.3) is 0 Å². The van der Waals surface area contributed by atoms with Crippen molar-refractivity contribution in [2.75, 3.05) is 27.3 Å². The van der Waals surface area contributed by atoms with Crippen molar-refractivity contribution in [2.24, 2.45) is 11.8 Å². The molecule has 0 aromatic heterocycles. The minimum Gasteiger partial charge on any atom is -0.453 e. The lowest BCUT2D eigenvalue weighted by molar-refractivity contribution is -0.164. The molecule has 2 bridgehead atoms. The molecule has 1 aliphatic heterocycles. The minimum atomic E-state index is -0.260. The first-order chi connectivity index (χ1) is 10.2. The van der Waals surface area contributed by atoms with E-state index >= 15 is 0 Å². The SMILES string of the molecule is COC(=O)N1CC2CCCC(C1)C2(OC)c1ccccc1. The molecule has 114 valence electrons. The van der Waals surface area contributed by atoms with Gasteiger partial charge in [-0.3, -0.25) is 0 Å². The Balaban J connectivity index is 1.97. The Morgan fingerprint density at radius 1 is 1.14 bits per heavy atom. The van der Waals surface area contributed by atoms with Gasteiger partial charge in [-0.2, -0.15) is 0 Å². The van der Waals surface area contributed by atoms with E-state index in [0.717, 1.165) is 12.8 Å². The summed E-state index contributed by atoms with van der Waals surface area (Å²) in [5, 5.41) is 0. The number of piperidine rings is 1. The van der Waals surface area contributed by atoms with Gasteiger partial charge >= 0.3 is 6.09 Å². The van der Waals surface area contributed by atoms with E-state index in [2.05, 4.69) is 24.3 Å². The predicted octanol–water partition coefficient (Wildman–Crippen LogP) is 3.03. The second-order valence-corrected chi connectivity index (χ2v) is 6.06. The molecule has 2 aliphatic rings. The first-order valence-electron chi connectivity index (χ1n) is 7.66. The fourth-order valence-corrected chi connectivity index (χ4v) is 4.33. The summed E-state index contributed by atoms with van der Waals surface area (Å²) in [6.45, 7) is 1.43. The second kappa shape index (κ2) is 5.68. The van der Waals surface area contributed by atoms with Crippen molar-refractivity contribution in [2.45, 2.75) is 24.9 Å². The highest BCUT2D eigenvalue weighted by Crippen LogP contribution is 2.51. The van der Waals surface area contributed by atoms with E-state index in [1.807, 2.05) is 18.1 Å². The van der Waals surface area contributed by atoms with Crippen LogP contribution in [-0.2, 0) is 15.1 Å². The summed E-state index contributed by atoms with van der Waals surface area (Å²) in [6.07, 6.45) is 3.17. The molecule has 1 aromatic carbocycles. The molecule has 2 atom stereocenters. The van der Waals surface area contributed by atoms with Gasteiger partial charge in [-0.15, -0.1) is 0 Å². The molecular formula is C17H23NO3. The number of hydrogen-bond donors (Lipinski definition) is 0. The van der Waals surface area contributed by atoms with Crippen LogP contribution in [0.15, 0.2) is 30.3 Å². The number of ether oxygens (including phenoxy) is 2. The van der Waals surface area contributed by atoms with E-state index < -0.39 is 0 Å². The van der Waals surface area contributed by atoms with Gasteiger partial charge in [-0.05, 0) is 18.4 Å². The van der Waals surface area contributed by atoms with Crippen molar-refractivity contribution in [1.82, 2.24) is 4.90 Å². The zero-order valence-corrected chi connectivity index (χ0v) is 12.7. The summed E-state index contributed by atoms with van der Waals surface area (Å²) in [5.41, 5.74) is 0.982. The van der Waals surface area contributed by atoms with Gasteiger partial charge in [-0.1, -0.05) is 36.8 Å². The summed E-state index contributed by atoms with van der Waals surface area (Å²) in [5.74, 6) is 0.660. The van der Waals surface area contributed by atoms with E-state index in [4.69, 9.17) is 9.47 Å². The third-order valence-electron chi connectivity index (χ3n) is 5.20. The van der Waals surface area contributed by atoms with Crippen molar-refractivity contribution < 1.29 is 14.3 Å². The van der Waals surface area contributed by atoms with Gasteiger partial charge in [0, 0.05) is 32.0 Å². The number of carbonyl (C=O) groups excluding carboxylic acids is 1. The lowest BCUT2D eigenvalue weighted by Gasteiger charge is -2.54. The molecule has 1 saturated heterocycles. The summed E-state index contributed by atoms with van der Waals surface area (Å²) in [4.78, 5) is 13.7. The van der Waals surface area contributed by atoms with Crippen molar-refractivity contribution in [3.8, 4) is 0 Å². The minimum absolute atomic E-state index is 0.218. The topological polar surface area (TPSA) is 38.8 Å². The number of nitrogens with zero attached hydrogens (tertiary/aromatic N) is 1. The van der Waals surface area contributed by atoms with Gasteiger partial charge in [0.2, 0.25) is 0 Å². The number of hydrogen-bond acceptors (Lipinski definition) is 3. The highest BCUT2D eigenvalue weighted by molar-refractivity contribution is 5.67. The van der Waals surface area contributed by atoms with Gasteiger partial charge in [0.15, 0.2) is 0 Å². The maximum atomic E-state index is 11.9. The maximum absolute atomic E-state index is 11.9. The fraction of sp³-hybridized carbons (Fsp3) is 0.588. The Morgan fingerprint density at radius 2 is 1.76 bits per heavy atom. The Bertz CT molecular complexity index is 488. The summed E-state index contributed by atoms with van der Waals surface area (Å²) < 4.78 is 11.0. The normalized spacial score (nSPS) is 31.8. The van der Waals surface area contributed by atoms with Crippen LogP contribution in [0.4, 0.5) is 4.79 Å². The van der Waals surface area contributed by atoms with Gasteiger partial charge < -0.3 is 14.4 Å². The molecule has 2 fully saturated rings. The smallest absolute Gasteiger partial charge is 0.409 e. The monoisotopic (exact) mass is 289 g/mol. The molecule has 1 saturated carbocycles. The molecule has 0 spiro atoms. The first-order valence-corrected chi connectivity index (χ1v) is 7.66. The molecule has 0 radical (unpaired) electrons. The Morgan fingerprint density at radius 3 is 2.29 bits per heavy atom. The van der Waals surface area contributed by atoms with Gasteiger partial charge in [0.1, 0.15) is 5.60 Å². The lowest BCUT2D eigenvalue weighted by Crippen LogP contribution is -2.60. The Labute approximate surface area is 126 Å². The molecule has 21 heavy (non-hydrogen) atoms. The van der Waals surface area contributed by atoms with E-state index in [1.165, 1.54) is 19.1 Å². The molecule has 2 unspecified atom stereocenters. The molecule has 0 N–H and O–H groups in total. The number of carbonyl (C=O) groups is 1. The van der Waals surface area contributed by atoms with Crippen molar-refractivity contribution >= 4 is 6.09 Å². The number of fused-ring (bicyclic) bond motifs is 2. The summed E-state index contributed by atoms with van der Waals surface area (Å²) >= 11 is 0. The molecule has 1 aliphatic carbocycles. The average molecular weight is 289 g/mol. The molecule has 1 heterocycles. The second-order valence-electron chi connectivity index (χ2n) is 6.06. The standard InChI is InChI=1S/C17H23NO3/c1-20-16(19)18-11-14-9-6-10-15(12-18)17(14,21-2)13-7-4-3-5-8-13/h3-5,7-8,14-15H,6,9-12H2,1-2H3. The van der Waals surface area contributed by atoms with Gasteiger partial charge in [0.25, 0.3) is 0 Å². The largest absolute Gasteiger partial charge is 0.453 e. The Hall–Kier alpha value is -1.55. The van der Waals surface area contributed by atoms with E-state index in [0.29, 0.717) is 24.9 Å². The zero-order valence-electron chi connectivity index (χ0n) is 12.7.